The zero-order valence-corrected chi connectivity index (χ0v) is 12.1. The topological polar surface area (TPSA) is 41.1 Å². The lowest BCUT2D eigenvalue weighted by molar-refractivity contribution is -0.124. The molecule has 1 aliphatic heterocycles. The summed E-state index contributed by atoms with van der Waals surface area (Å²) in [5.74, 6) is 0.611. The Morgan fingerprint density at radius 3 is 2.68 bits per heavy atom. The fourth-order valence-corrected chi connectivity index (χ4v) is 2.66. The summed E-state index contributed by atoms with van der Waals surface area (Å²) < 4.78 is 0. The van der Waals surface area contributed by atoms with E-state index in [4.69, 9.17) is 0 Å². The van der Waals surface area contributed by atoms with Crippen LogP contribution in [0.3, 0.4) is 0 Å². The van der Waals surface area contributed by atoms with Gasteiger partial charge in [-0.1, -0.05) is 45.0 Å². The molecule has 1 aliphatic rings. The summed E-state index contributed by atoms with van der Waals surface area (Å²) in [5, 5.41) is 6.50. The van der Waals surface area contributed by atoms with Gasteiger partial charge in [0, 0.05) is 12.6 Å². The predicted molar refractivity (Wildman–Crippen MR) is 77.8 cm³/mol. The van der Waals surface area contributed by atoms with E-state index in [1.54, 1.807) is 0 Å². The summed E-state index contributed by atoms with van der Waals surface area (Å²) in [5.41, 5.74) is 2.60. The zero-order chi connectivity index (χ0) is 13.8. The molecule has 1 aromatic carbocycles. The molecule has 0 aliphatic carbocycles. The number of carbonyl (C=O) groups excluding carboxylic acids is 1. The van der Waals surface area contributed by atoms with Crippen molar-refractivity contribution in [2.75, 3.05) is 0 Å². The zero-order valence-electron chi connectivity index (χ0n) is 12.1. The molecule has 0 saturated carbocycles. The van der Waals surface area contributed by atoms with E-state index in [1.165, 1.54) is 11.1 Å². The van der Waals surface area contributed by atoms with Crippen LogP contribution in [-0.4, -0.2) is 18.0 Å². The fraction of sp³-hybridized carbons (Fsp3) is 0.562. The molecule has 3 nitrogen and oxygen atoms in total. The van der Waals surface area contributed by atoms with Gasteiger partial charge >= 0.3 is 0 Å². The largest absolute Gasteiger partial charge is 0.352 e. The summed E-state index contributed by atoms with van der Waals surface area (Å²) in [4.78, 5) is 12.3. The molecule has 19 heavy (non-hydrogen) atoms. The van der Waals surface area contributed by atoms with Gasteiger partial charge < -0.3 is 10.6 Å². The summed E-state index contributed by atoms with van der Waals surface area (Å²) in [6, 6.07) is 8.51. The van der Waals surface area contributed by atoms with E-state index in [0.717, 1.165) is 19.4 Å². The molecule has 0 spiro atoms. The third-order valence-electron chi connectivity index (χ3n) is 3.97. The molecule has 2 N–H and O–H groups in total. The van der Waals surface area contributed by atoms with Gasteiger partial charge in [-0.2, -0.15) is 0 Å². The molecule has 1 heterocycles. The number of hydrogen-bond donors (Lipinski definition) is 2. The van der Waals surface area contributed by atoms with Crippen LogP contribution in [0.5, 0.6) is 0 Å². The molecule has 0 bridgehead atoms. The van der Waals surface area contributed by atoms with Crippen LogP contribution in [0.1, 0.15) is 38.3 Å². The van der Waals surface area contributed by atoms with Crippen molar-refractivity contribution in [2.24, 2.45) is 5.92 Å². The van der Waals surface area contributed by atoms with E-state index in [0.29, 0.717) is 5.92 Å². The lowest BCUT2D eigenvalue weighted by Gasteiger charge is -2.28. The first-order valence-corrected chi connectivity index (χ1v) is 7.22. The van der Waals surface area contributed by atoms with E-state index >= 15 is 0 Å². The SMILES string of the molecule is CCC(NC(=O)[C@@H]1Cc2ccccc2CN1)C(C)C. The van der Waals surface area contributed by atoms with E-state index in [-0.39, 0.29) is 18.0 Å². The quantitative estimate of drug-likeness (QED) is 0.872. The molecule has 0 radical (unpaired) electrons. The standard InChI is InChI=1S/C16H24N2O/c1-4-14(11(2)3)18-16(19)15-9-12-7-5-6-8-13(12)10-17-15/h5-8,11,14-15,17H,4,9-10H2,1-3H3,(H,18,19)/t14?,15-/m0/s1. The molecule has 1 amide bonds. The first-order chi connectivity index (χ1) is 9.11. The molecule has 3 heteroatoms. The van der Waals surface area contributed by atoms with Gasteiger partial charge in [0.15, 0.2) is 0 Å². The smallest absolute Gasteiger partial charge is 0.237 e. The van der Waals surface area contributed by atoms with Crippen molar-refractivity contribution in [3.05, 3.63) is 35.4 Å². The van der Waals surface area contributed by atoms with Crippen molar-refractivity contribution in [1.82, 2.24) is 10.6 Å². The lowest BCUT2D eigenvalue weighted by atomic mass is 9.94. The summed E-state index contributed by atoms with van der Waals surface area (Å²) in [6.45, 7) is 7.21. The number of rotatable bonds is 4. The number of amides is 1. The van der Waals surface area contributed by atoms with E-state index < -0.39 is 0 Å². The highest BCUT2D eigenvalue weighted by Gasteiger charge is 2.25. The van der Waals surface area contributed by atoms with Crippen LogP contribution < -0.4 is 10.6 Å². The van der Waals surface area contributed by atoms with Crippen LogP contribution >= 0.6 is 0 Å². The fourth-order valence-electron chi connectivity index (χ4n) is 2.66. The minimum Gasteiger partial charge on any atom is -0.352 e. The molecule has 1 aromatic rings. The van der Waals surface area contributed by atoms with Crippen molar-refractivity contribution in [2.45, 2.75) is 52.2 Å². The average Bonchev–Trinajstić information content (AvgIpc) is 2.43. The van der Waals surface area contributed by atoms with Crippen molar-refractivity contribution < 1.29 is 4.79 Å². The molecule has 1 unspecified atom stereocenters. The Balaban J connectivity index is 1.99. The Bertz CT molecular complexity index is 442. The molecule has 0 fully saturated rings. The van der Waals surface area contributed by atoms with Gasteiger partial charge in [0.2, 0.25) is 5.91 Å². The number of benzene rings is 1. The van der Waals surface area contributed by atoms with Crippen LogP contribution in [0.15, 0.2) is 24.3 Å². The maximum atomic E-state index is 12.3. The molecule has 104 valence electrons. The first kappa shape index (κ1) is 14.1. The molecule has 0 aromatic heterocycles. The van der Waals surface area contributed by atoms with E-state index in [1.807, 2.05) is 12.1 Å². The number of fused-ring (bicyclic) bond motifs is 1. The number of nitrogens with one attached hydrogen (secondary N) is 2. The van der Waals surface area contributed by atoms with Gasteiger partial charge in [0.25, 0.3) is 0 Å². The van der Waals surface area contributed by atoms with Crippen molar-refractivity contribution in [3.8, 4) is 0 Å². The predicted octanol–water partition coefficient (Wildman–Crippen LogP) is 2.25. The van der Waals surface area contributed by atoms with Gasteiger partial charge in [-0.05, 0) is 29.9 Å². The summed E-state index contributed by atoms with van der Waals surface area (Å²) in [6.07, 6.45) is 1.77. The molecule has 0 saturated heterocycles. The molecule has 2 rings (SSSR count). The van der Waals surface area contributed by atoms with Gasteiger partial charge in [-0.25, -0.2) is 0 Å². The highest BCUT2D eigenvalue weighted by molar-refractivity contribution is 5.82. The highest BCUT2D eigenvalue weighted by Crippen LogP contribution is 2.16. The maximum absolute atomic E-state index is 12.3. The monoisotopic (exact) mass is 260 g/mol. The van der Waals surface area contributed by atoms with E-state index in [2.05, 4.69) is 43.5 Å². The van der Waals surface area contributed by atoms with Crippen LogP contribution in [0.2, 0.25) is 0 Å². The first-order valence-electron chi connectivity index (χ1n) is 7.22. The van der Waals surface area contributed by atoms with Gasteiger partial charge in [0.1, 0.15) is 0 Å². The van der Waals surface area contributed by atoms with Crippen LogP contribution in [-0.2, 0) is 17.8 Å². The highest BCUT2D eigenvalue weighted by atomic mass is 16.2. The van der Waals surface area contributed by atoms with Gasteiger partial charge in [-0.15, -0.1) is 0 Å². The van der Waals surface area contributed by atoms with Crippen molar-refractivity contribution in [1.29, 1.82) is 0 Å². The normalized spacial score (nSPS) is 19.9. The Kier molecular flexibility index (Phi) is 4.59. The van der Waals surface area contributed by atoms with Crippen LogP contribution in [0.4, 0.5) is 0 Å². The van der Waals surface area contributed by atoms with Crippen molar-refractivity contribution >= 4 is 5.91 Å². The molecule has 2 atom stereocenters. The van der Waals surface area contributed by atoms with Gasteiger partial charge in [0.05, 0.1) is 6.04 Å². The Labute approximate surface area is 115 Å². The van der Waals surface area contributed by atoms with Crippen LogP contribution in [0, 0.1) is 5.92 Å². The Morgan fingerprint density at radius 2 is 2.05 bits per heavy atom. The van der Waals surface area contributed by atoms with Crippen LogP contribution in [0.25, 0.3) is 0 Å². The average molecular weight is 260 g/mol. The number of hydrogen-bond acceptors (Lipinski definition) is 2. The van der Waals surface area contributed by atoms with Crippen molar-refractivity contribution in [3.63, 3.8) is 0 Å². The minimum absolute atomic E-state index is 0.0947. The second kappa shape index (κ2) is 6.20. The second-order valence-electron chi connectivity index (χ2n) is 5.67. The molecular formula is C16H24N2O. The molecular weight excluding hydrogens is 236 g/mol. The summed E-state index contributed by atoms with van der Waals surface area (Å²) in [7, 11) is 0. The van der Waals surface area contributed by atoms with Gasteiger partial charge in [-0.3, -0.25) is 4.79 Å². The van der Waals surface area contributed by atoms with E-state index in [9.17, 15) is 4.79 Å². The third kappa shape index (κ3) is 3.35. The summed E-state index contributed by atoms with van der Waals surface area (Å²) >= 11 is 0. The Morgan fingerprint density at radius 1 is 1.37 bits per heavy atom. The number of carbonyl (C=O) groups is 1. The Hall–Kier alpha value is -1.35. The minimum atomic E-state index is -0.0947. The second-order valence-corrected chi connectivity index (χ2v) is 5.67. The third-order valence-corrected chi connectivity index (χ3v) is 3.97. The lowest BCUT2D eigenvalue weighted by Crippen LogP contribution is -2.51. The maximum Gasteiger partial charge on any atom is 0.237 e.